The summed E-state index contributed by atoms with van der Waals surface area (Å²) < 4.78 is 12.0. The SMILES string of the molecule is CCOc1cc(/C=C2\SC(=S)N(NC(=O)c3ccc(C)cc3)C2=O)ccc1OCc1ccccc1Cl. The maximum absolute atomic E-state index is 13.0. The van der Waals surface area contributed by atoms with Gasteiger partial charge in [-0.25, -0.2) is 0 Å². The van der Waals surface area contributed by atoms with Crippen molar-refractivity contribution in [3.63, 3.8) is 0 Å². The summed E-state index contributed by atoms with van der Waals surface area (Å²) in [4.78, 5) is 25.9. The molecule has 6 nitrogen and oxygen atoms in total. The zero-order valence-electron chi connectivity index (χ0n) is 19.6. The van der Waals surface area contributed by atoms with E-state index in [-0.39, 0.29) is 4.32 Å². The molecule has 0 aliphatic carbocycles. The summed E-state index contributed by atoms with van der Waals surface area (Å²) in [7, 11) is 0. The lowest BCUT2D eigenvalue weighted by Crippen LogP contribution is -2.44. The van der Waals surface area contributed by atoms with E-state index in [1.54, 1.807) is 30.3 Å². The fraction of sp³-hybridized carbons (Fsp3) is 0.148. The van der Waals surface area contributed by atoms with Crippen LogP contribution in [0.4, 0.5) is 0 Å². The highest BCUT2D eigenvalue weighted by atomic mass is 35.5. The van der Waals surface area contributed by atoms with E-state index >= 15 is 0 Å². The Hall–Kier alpha value is -3.33. The van der Waals surface area contributed by atoms with Gasteiger partial charge in [0, 0.05) is 16.1 Å². The van der Waals surface area contributed by atoms with Crippen LogP contribution in [-0.2, 0) is 11.4 Å². The van der Waals surface area contributed by atoms with Crippen LogP contribution < -0.4 is 14.9 Å². The molecule has 1 N–H and O–H groups in total. The number of hydrogen-bond donors (Lipinski definition) is 1. The summed E-state index contributed by atoms with van der Waals surface area (Å²) >= 11 is 12.7. The molecule has 1 fully saturated rings. The average Bonchev–Trinajstić information content (AvgIpc) is 3.12. The first-order valence-corrected chi connectivity index (χ1v) is 12.7. The van der Waals surface area contributed by atoms with E-state index in [1.807, 2.05) is 56.3 Å². The molecule has 3 aromatic carbocycles. The first-order valence-electron chi connectivity index (χ1n) is 11.1. The number of hydrogen-bond acceptors (Lipinski definition) is 6. The van der Waals surface area contributed by atoms with E-state index in [1.165, 1.54) is 0 Å². The molecule has 9 heteroatoms. The van der Waals surface area contributed by atoms with E-state index in [9.17, 15) is 9.59 Å². The van der Waals surface area contributed by atoms with Crippen molar-refractivity contribution in [3.8, 4) is 11.5 Å². The lowest BCUT2D eigenvalue weighted by Gasteiger charge is -2.15. The van der Waals surface area contributed by atoms with Crippen LogP contribution in [0.2, 0.25) is 5.02 Å². The molecule has 1 saturated heterocycles. The Morgan fingerprint density at radius 1 is 1.08 bits per heavy atom. The van der Waals surface area contributed by atoms with Gasteiger partial charge in [0.05, 0.1) is 11.5 Å². The molecular formula is C27H23ClN2O4S2. The Kier molecular flexibility index (Phi) is 8.30. The lowest BCUT2D eigenvalue weighted by molar-refractivity contribution is -0.123. The van der Waals surface area contributed by atoms with Crippen molar-refractivity contribution in [1.82, 2.24) is 10.4 Å². The van der Waals surface area contributed by atoms with Gasteiger partial charge in [-0.05, 0) is 68.0 Å². The van der Waals surface area contributed by atoms with Gasteiger partial charge >= 0.3 is 0 Å². The molecule has 0 aromatic heterocycles. The van der Waals surface area contributed by atoms with Gasteiger partial charge in [-0.1, -0.05) is 65.3 Å². The van der Waals surface area contributed by atoms with E-state index in [2.05, 4.69) is 5.43 Å². The summed E-state index contributed by atoms with van der Waals surface area (Å²) in [5, 5.41) is 1.72. The smallest absolute Gasteiger partial charge is 0.285 e. The van der Waals surface area contributed by atoms with Gasteiger partial charge in [0.25, 0.3) is 11.8 Å². The maximum Gasteiger partial charge on any atom is 0.285 e. The van der Waals surface area contributed by atoms with Crippen LogP contribution in [0.25, 0.3) is 6.08 Å². The fourth-order valence-electron chi connectivity index (χ4n) is 3.36. The number of thioether (sulfide) groups is 1. The van der Waals surface area contributed by atoms with Crippen LogP contribution in [0, 0.1) is 6.92 Å². The molecule has 0 spiro atoms. The second kappa shape index (κ2) is 11.6. The predicted molar refractivity (Wildman–Crippen MR) is 147 cm³/mol. The number of amides is 2. The summed E-state index contributed by atoms with van der Waals surface area (Å²) in [5.74, 6) is 0.293. The van der Waals surface area contributed by atoms with Crippen LogP contribution in [0.3, 0.4) is 0 Å². The first kappa shape index (κ1) is 25.8. The third-order valence-electron chi connectivity index (χ3n) is 5.23. The Bertz CT molecular complexity index is 1340. The number of carbonyl (C=O) groups is 2. The highest BCUT2D eigenvalue weighted by molar-refractivity contribution is 8.26. The van der Waals surface area contributed by atoms with Crippen molar-refractivity contribution in [3.05, 3.63) is 98.9 Å². The van der Waals surface area contributed by atoms with Crippen molar-refractivity contribution >= 4 is 57.8 Å². The molecule has 184 valence electrons. The molecule has 0 unspecified atom stereocenters. The van der Waals surface area contributed by atoms with Gasteiger partial charge in [-0.3, -0.25) is 15.0 Å². The largest absolute Gasteiger partial charge is 0.490 e. The van der Waals surface area contributed by atoms with Gasteiger partial charge < -0.3 is 9.47 Å². The number of aryl methyl sites for hydroxylation is 1. The number of benzene rings is 3. The Labute approximate surface area is 224 Å². The van der Waals surface area contributed by atoms with Gasteiger partial charge in [0.2, 0.25) is 0 Å². The number of nitrogens with one attached hydrogen (secondary N) is 1. The van der Waals surface area contributed by atoms with Gasteiger partial charge in [0.1, 0.15) is 6.61 Å². The van der Waals surface area contributed by atoms with Crippen LogP contribution in [0.5, 0.6) is 11.5 Å². The number of thiocarbonyl (C=S) groups is 1. The first-order chi connectivity index (χ1) is 17.4. The van der Waals surface area contributed by atoms with Crippen LogP contribution in [-0.4, -0.2) is 27.8 Å². The highest BCUT2D eigenvalue weighted by Crippen LogP contribution is 2.35. The summed E-state index contributed by atoms with van der Waals surface area (Å²) in [6, 6.07) is 19.9. The summed E-state index contributed by atoms with van der Waals surface area (Å²) in [6.45, 7) is 4.55. The van der Waals surface area contributed by atoms with E-state index in [0.29, 0.717) is 40.2 Å². The molecule has 0 atom stereocenters. The minimum absolute atomic E-state index is 0.247. The average molecular weight is 539 g/mol. The Morgan fingerprint density at radius 3 is 2.56 bits per heavy atom. The van der Waals surface area contributed by atoms with Gasteiger partial charge in [-0.15, -0.1) is 0 Å². The van der Waals surface area contributed by atoms with Crippen molar-refractivity contribution in [2.45, 2.75) is 20.5 Å². The third-order valence-corrected chi connectivity index (χ3v) is 6.90. The topological polar surface area (TPSA) is 67.9 Å². The number of ether oxygens (including phenoxy) is 2. The molecule has 3 aromatic rings. The molecule has 36 heavy (non-hydrogen) atoms. The minimum atomic E-state index is -0.411. The van der Waals surface area contributed by atoms with Gasteiger partial charge in [0.15, 0.2) is 15.8 Å². The number of rotatable bonds is 8. The van der Waals surface area contributed by atoms with Crippen LogP contribution in [0.15, 0.2) is 71.6 Å². The summed E-state index contributed by atoms with van der Waals surface area (Å²) in [5.41, 5.74) is 5.66. The molecule has 0 radical (unpaired) electrons. The monoisotopic (exact) mass is 538 g/mol. The minimum Gasteiger partial charge on any atom is -0.490 e. The molecule has 0 saturated carbocycles. The number of nitrogens with zero attached hydrogens (tertiary/aromatic N) is 1. The zero-order valence-corrected chi connectivity index (χ0v) is 22.0. The Morgan fingerprint density at radius 2 is 1.83 bits per heavy atom. The molecule has 1 heterocycles. The van der Waals surface area contributed by atoms with E-state index in [0.717, 1.165) is 33.5 Å². The summed E-state index contributed by atoms with van der Waals surface area (Å²) in [6.07, 6.45) is 1.71. The van der Waals surface area contributed by atoms with Crippen LogP contribution >= 0.6 is 35.6 Å². The lowest BCUT2D eigenvalue weighted by atomic mass is 10.1. The quantitative estimate of drug-likeness (QED) is 0.273. The standard InChI is InChI=1S/C27H23ClN2O4S2/c1-3-33-23-14-18(10-13-22(23)34-16-20-6-4-5-7-21(20)28)15-24-26(32)30(27(35)36-24)29-25(31)19-11-8-17(2)9-12-19/h4-15H,3,16H2,1-2H3,(H,29,31)/b24-15-. The van der Waals surface area contributed by atoms with Gasteiger partial charge in [-0.2, -0.15) is 5.01 Å². The second-order valence-electron chi connectivity index (χ2n) is 7.84. The molecular weight excluding hydrogens is 516 g/mol. The predicted octanol–water partition coefficient (Wildman–Crippen LogP) is 6.17. The van der Waals surface area contributed by atoms with Crippen molar-refractivity contribution in [2.24, 2.45) is 0 Å². The normalized spacial score (nSPS) is 14.3. The van der Waals surface area contributed by atoms with Crippen molar-refractivity contribution in [1.29, 1.82) is 0 Å². The zero-order chi connectivity index (χ0) is 25.7. The third kappa shape index (κ3) is 6.07. The molecule has 1 aliphatic rings. The number of halogens is 1. The second-order valence-corrected chi connectivity index (χ2v) is 9.93. The highest BCUT2D eigenvalue weighted by Gasteiger charge is 2.33. The van der Waals surface area contributed by atoms with Crippen molar-refractivity contribution < 1.29 is 19.1 Å². The molecule has 2 amide bonds. The number of hydrazine groups is 1. The van der Waals surface area contributed by atoms with Crippen LogP contribution in [0.1, 0.15) is 34.0 Å². The molecule has 1 aliphatic heterocycles. The maximum atomic E-state index is 13.0. The Balaban J connectivity index is 1.49. The fourth-order valence-corrected chi connectivity index (χ4v) is 4.73. The molecule has 4 rings (SSSR count). The van der Waals surface area contributed by atoms with Crippen molar-refractivity contribution in [2.75, 3.05) is 6.61 Å². The van der Waals surface area contributed by atoms with E-state index < -0.39 is 11.8 Å². The number of carbonyl (C=O) groups excluding carboxylic acids is 2. The molecule has 0 bridgehead atoms. The van der Waals surface area contributed by atoms with E-state index in [4.69, 9.17) is 33.3 Å².